The summed E-state index contributed by atoms with van der Waals surface area (Å²) in [6.45, 7) is 1.07. The van der Waals surface area contributed by atoms with E-state index in [4.69, 9.17) is 4.74 Å². The summed E-state index contributed by atoms with van der Waals surface area (Å²) >= 11 is 0. The van der Waals surface area contributed by atoms with Crippen LogP contribution in [0, 0.1) is 0 Å². The van der Waals surface area contributed by atoms with Gasteiger partial charge in [-0.3, -0.25) is 24.6 Å². The van der Waals surface area contributed by atoms with Gasteiger partial charge in [-0.25, -0.2) is 8.78 Å². The molecule has 1 aromatic rings. The highest BCUT2D eigenvalue weighted by atomic mass is 19.3. The Kier molecular flexibility index (Phi) is 5.84. The number of amides is 3. The molecule has 7 nitrogen and oxygen atoms in total. The Morgan fingerprint density at radius 2 is 1.79 bits per heavy atom. The number of hydrogen-bond acceptors (Lipinski definition) is 5. The molecule has 1 N–H and O–H groups in total. The van der Waals surface area contributed by atoms with Gasteiger partial charge in [0.05, 0.1) is 0 Å². The highest BCUT2D eigenvalue weighted by Crippen LogP contribution is 2.35. The van der Waals surface area contributed by atoms with Crippen LogP contribution in [-0.4, -0.2) is 64.7 Å². The van der Waals surface area contributed by atoms with Crippen molar-refractivity contribution in [2.75, 3.05) is 13.1 Å². The fourth-order valence-corrected chi connectivity index (χ4v) is 5.61. The summed E-state index contributed by atoms with van der Waals surface area (Å²) in [7, 11) is 0. The third kappa shape index (κ3) is 4.47. The fourth-order valence-electron chi connectivity index (χ4n) is 5.61. The van der Waals surface area contributed by atoms with E-state index < -0.39 is 17.9 Å². The van der Waals surface area contributed by atoms with Crippen molar-refractivity contribution in [2.24, 2.45) is 0 Å². The number of carbonyl (C=O) groups excluding carboxylic acids is 3. The first-order valence-corrected chi connectivity index (χ1v) is 11.9. The summed E-state index contributed by atoms with van der Waals surface area (Å²) in [5.74, 6) is -2.86. The molecule has 0 aromatic heterocycles. The van der Waals surface area contributed by atoms with Gasteiger partial charge in [0.1, 0.15) is 17.9 Å². The summed E-state index contributed by atoms with van der Waals surface area (Å²) in [6.07, 6.45) is 4.17. The molecule has 1 saturated carbocycles. The molecule has 3 heterocycles. The van der Waals surface area contributed by atoms with Crippen LogP contribution in [0.25, 0.3) is 0 Å². The molecule has 0 spiro atoms. The molecule has 178 valence electrons. The van der Waals surface area contributed by atoms with Crippen LogP contribution in [0.1, 0.15) is 67.3 Å². The van der Waals surface area contributed by atoms with Crippen LogP contribution in [0.4, 0.5) is 8.78 Å². The van der Waals surface area contributed by atoms with Gasteiger partial charge in [-0.15, -0.1) is 0 Å². The number of ether oxygens (including phenoxy) is 1. The summed E-state index contributed by atoms with van der Waals surface area (Å²) in [5, 5.41) is 2.31. The largest absolute Gasteiger partial charge is 0.489 e. The van der Waals surface area contributed by atoms with Crippen molar-refractivity contribution < 1.29 is 27.9 Å². The lowest BCUT2D eigenvalue weighted by atomic mass is 9.89. The number of fused-ring (bicyclic) bond motifs is 1. The molecule has 9 heteroatoms. The Bertz CT molecular complexity index is 959. The molecule has 5 rings (SSSR count). The van der Waals surface area contributed by atoms with Crippen molar-refractivity contribution in [1.82, 2.24) is 15.1 Å². The molecule has 3 fully saturated rings. The highest BCUT2D eigenvalue weighted by molar-refractivity contribution is 6.05. The molecule has 3 amide bonds. The maximum absolute atomic E-state index is 13.6. The number of alkyl halides is 2. The molecular formula is C24H29F2N3O4. The van der Waals surface area contributed by atoms with Crippen molar-refractivity contribution in [3.05, 3.63) is 29.3 Å². The average Bonchev–Trinajstić information content (AvgIpc) is 3.10. The number of rotatable bonds is 4. The maximum atomic E-state index is 13.6. The van der Waals surface area contributed by atoms with E-state index in [2.05, 4.69) is 10.2 Å². The Morgan fingerprint density at radius 3 is 2.55 bits per heavy atom. The van der Waals surface area contributed by atoms with Crippen LogP contribution in [-0.2, 0) is 16.1 Å². The monoisotopic (exact) mass is 461 g/mol. The summed E-state index contributed by atoms with van der Waals surface area (Å²) in [5.41, 5.74) is 1.35. The van der Waals surface area contributed by atoms with Gasteiger partial charge in [-0.1, -0.05) is 6.42 Å². The van der Waals surface area contributed by atoms with Crippen LogP contribution in [0.2, 0.25) is 0 Å². The van der Waals surface area contributed by atoms with E-state index in [1.807, 2.05) is 6.07 Å². The molecule has 0 radical (unpaired) electrons. The Hall–Kier alpha value is -2.55. The zero-order valence-corrected chi connectivity index (χ0v) is 18.5. The van der Waals surface area contributed by atoms with Gasteiger partial charge in [0.15, 0.2) is 0 Å². The molecule has 0 bridgehead atoms. The molecule has 4 aliphatic rings. The Morgan fingerprint density at radius 1 is 1.03 bits per heavy atom. The van der Waals surface area contributed by atoms with Gasteiger partial charge >= 0.3 is 0 Å². The topological polar surface area (TPSA) is 79.0 Å². The number of likely N-dealkylation sites (tertiary alicyclic amines) is 1. The number of carbonyl (C=O) groups is 3. The standard InChI is InChI=1S/C24H29F2N3O4/c25-24(26)9-11-28(12-10-24)18-3-1-2-4-20(18)33-16-5-6-17-15(13-16)14-29(23(17)32)19-7-8-21(30)27-22(19)31/h5-6,13,18-20H,1-4,7-12,14H2,(H,27,30,31). The van der Waals surface area contributed by atoms with Gasteiger partial charge in [-0.05, 0) is 49.4 Å². The summed E-state index contributed by atoms with van der Waals surface area (Å²) < 4.78 is 33.6. The molecule has 1 aliphatic carbocycles. The number of nitrogens with one attached hydrogen (secondary N) is 1. The summed E-state index contributed by atoms with van der Waals surface area (Å²) in [6, 6.07) is 4.84. The minimum Gasteiger partial charge on any atom is -0.489 e. The molecular weight excluding hydrogens is 432 g/mol. The number of imide groups is 1. The van der Waals surface area contributed by atoms with Crippen molar-refractivity contribution >= 4 is 17.7 Å². The minimum absolute atomic E-state index is 0.0770. The van der Waals surface area contributed by atoms with E-state index in [1.165, 1.54) is 4.90 Å². The first-order valence-electron chi connectivity index (χ1n) is 11.9. The predicted octanol–water partition coefficient (Wildman–Crippen LogP) is 2.87. The SMILES string of the molecule is O=C1CCC(N2Cc3cc(OC4CCCCC4N4CCC(F)(F)CC4)ccc3C2=O)C(=O)N1. The van der Waals surface area contributed by atoms with Gasteiger partial charge in [0, 0.05) is 50.5 Å². The zero-order valence-electron chi connectivity index (χ0n) is 18.5. The van der Waals surface area contributed by atoms with Crippen molar-refractivity contribution in [3.8, 4) is 5.75 Å². The number of piperidine rings is 2. The predicted molar refractivity (Wildman–Crippen MR) is 115 cm³/mol. The van der Waals surface area contributed by atoms with E-state index in [9.17, 15) is 23.2 Å². The Labute approximate surface area is 191 Å². The van der Waals surface area contributed by atoms with Crippen molar-refractivity contribution in [3.63, 3.8) is 0 Å². The maximum Gasteiger partial charge on any atom is 0.255 e. The normalized spacial score (nSPS) is 30.2. The van der Waals surface area contributed by atoms with E-state index in [0.717, 1.165) is 31.2 Å². The van der Waals surface area contributed by atoms with Crippen LogP contribution < -0.4 is 10.1 Å². The van der Waals surface area contributed by atoms with E-state index in [0.29, 0.717) is 37.4 Å². The molecule has 3 unspecified atom stereocenters. The highest BCUT2D eigenvalue weighted by Gasteiger charge is 2.41. The van der Waals surface area contributed by atoms with Crippen LogP contribution >= 0.6 is 0 Å². The van der Waals surface area contributed by atoms with Crippen LogP contribution in [0.3, 0.4) is 0 Å². The number of hydrogen-bond donors (Lipinski definition) is 1. The number of benzene rings is 1. The average molecular weight is 462 g/mol. The smallest absolute Gasteiger partial charge is 0.255 e. The molecule has 2 saturated heterocycles. The Balaban J connectivity index is 1.28. The van der Waals surface area contributed by atoms with Gasteiger partial charge < -0.3 is 9.64 Å². The second-order valence-electron chi connectivity index (χ2n) is 9.62. The second kappa shape index (κ2) is 8.66. The van der Waals surface area contributed by atoms with E-state index in [1.54, 1.807) is 12.1 Å². The van der Waals surface area contributed by atoms with Gasteiger partial charge in [0.25, 0.3) is 11.8 Å². The molecule has 33 heavy (non-hydrogen) atoms. The number of nitrogens with zero attached hydrogens (tertiary/aromatic N) is 2. The second-order valence-corrected chi connectivity index (χ2v) is 9.62. The molecule has 3 aliphatic heterocycles. The molecule has 1 aromatic carbocycles. The van der Waals surface area contributed by atoms with E-state index in [-0.39, 0.29) is 43.2 Å². The van der Waals surface area contributed by atoms with Crippen LogP contribution in [0.5, 0.6) is 5.75 Å². The van der Waals surface area contributed by atoms with Gasteiger partial charge in [0.2, 0.25) is 11.8 Å². The first kappa shape index (κ1) is 22.3. The third-order valence-electron chi connectivity index (χ3n) is 7.45. The minimum atomic E-state index is -2.57. The van der Waals surface area contributed by atoms with Gasteiger partial charge in [-0.2, -0.15) is 0 Å². The van der Waals surface area contributed by atoms with Crippen molar-refractivity contribution in [1.29, 1.82) is 0 Å². The van der Waals surface area contributed by atoms with E-state index >= 15 is 0 Å². The fraction of sp³-hybridized carbons (Fsp3) is 0.625. The zero-order chi connectivity index (χ0) is 23.2. The first-order chi connectivity index (χ1) is 15.8. The quantitative estimate of drug-likeness (QED) is 0.698. The summed E-state index contributed by atoms with van der Waals surface area (Å²) in [4.78, 5) is 40.3. The van der Waals surface area contributed by atoms with Crippen LogP contribution in [0.15, 0.2) is 18.2 Å². The lowest BCUT2D eigenvalue weighted by molar-refractivity contribution is -0.136. The molecule has 3 atom stereocenters. The lowest BCUT2D eigenvalue weighted by Crippen LogP contribution is -2.52. The number of halogens is 2. The van der Waals surface area contributed by atoms with Crippen molar-refractivity contribution in [2.45, 2.75) is 82.0 Å². The lowest BCUT2D eigenvalue weighted by Gasteiger charge is -2.43. The third-order valence-corrected chi connectivity index (χ3v) is 7.45.